The molecule has 8 saturated carbocycles. The molecule has 0 amide bonds. The fourth-order valence-corrected chi connectivity index (χ4v) is 154. The second-order valence-electron chi connectivity index (χ2n) is 19.6. The highest BCUT2D eigenvalue weighted by Gasteiger charge is 3.20. The number of hydrogen-bond acceptors (Lipinski definition) is 0. The van der Waals surface area contributed by atoms with Gasteiger partial charge in [0.25, 0.3) is 0 Å². The smallest absolute Gasteiger partial charge is 0.0485 e. The Bertz CT molecular complexity index is 872. The van der Waals surface area contributed by atoms with Gasteiger partial charge < -0.3 is 0 Å². The summed E-state index contributed by atoms with van der Waals surface area (Å²) in [4.78, 5) is 0. The lowest BCUT2D eigenvalue weighted by molar-refractivity contribution is -0.0225. The summed E-state index contributed by atoms with van der Waals surface area (Å²) < 4.78 is 2.10. The maximum atomic E-state index is 3.09. The third kappa shape index (κ3) is 1.99. The van der Waals surface area contributed by atoms with Crippen molar-refractivity contribution >= 4 is 29.4 Å². The van der Waals surface area contributed by atoms with Crippen LogP contribution < -0.4 is 0 Å². The largest absolute Gasteiger partial charge is 0.0711 e. The van der Waals surface area contributed by atoms with Crippen LogP contribution in [-0.4, -0.2) is 29.4 Å². The molecule has 10 rings (SSSR count). The Labute approximate surface area is 227 Å². The van der Waals surface area contributed by atoms with E-state index in [2.05, 4.69) is 67.7 Å². The van der Waals surface area contributed by atoms with E-state index in [9.17, 15) is 0 Å². The Morgan fingerprint density at radius 2 is 0.667 bits per heavy atom. The van der Waals surface area contributed by atoms with Crippen LogP contribution in [0.15, 0.2) is 0 Å². The topological polar surface area (TPSA) is 0 Å². The molecule has 0 aromatic carbocycles. The van der Waals surface area contributed by atoms with Crippen molar-refractivity contribution < 1.29 is 0 Å². The van der Waals surface area contributed by atoms with Crippen molar-refractivity contribution in [1.29, 1.82) is 0 Å². The molecule has 0 aromatic rings. The van der Waals surface area contributed by atoms with E-state index in [1.807, 2.05) is 0 Å². The molecule has 10 fully saturated rings. The average Bonchev–Trinajstić information content (AvgIpc) is 3.54. The molecule has 202 valence electrons. The molecule has 0 N–H and O–H groups in total. The predicted molar refractivity (Wildman–Crippen MR) is 165 cm³/mol. The standard InChI is InChI=1S/C32H58Si4/c1-29(2,3)33(7,8)35-31(25-13-21-11-22(15-25)16-26(31)14-21)36(35,34(9,10)30(4,5)6)32(35)27-17-23-12-24(19-27)20-28(32)18-23/h21-28H,11-20H2,1-10H3. The van der Waals surface area contributed by atoms with Crippen LogP contribution in [0.25, 0.3) is 0 Å². The summed E-state index contributed by atoms with van der Waals surface area (Å²) in [6.45, 7) is 29.1. The van der Waals surface area contributed by atoms with Gasteiger partial charge in [-0.05, 0) is 131 Å². The summed E-state index contributed by atoms with van der Waals surface area (Å²) >= 11 is 0. The fourth-order valence-electron chi connectivity index (χ4n) is 16.3. The quantitative estimate of drug-likeness (QED) is 0.298. The Morgan fingerprint density at radius 3 is 0.861 bits per heavy atom. The molecule has 4 heteroatoms. The zero-order valence-electron chi connectivity index (χ0n) is 25.7. The van der Waals surface area contributed by atoms with Gasteiger partial charge in [0.15, 0.2) is 0 Å². The van der Waals surface area contributed by atoms with E-state index >= 15 is 0 Å². The first-order valence-electron chi connectivity index (χ1n) is 16.6. The number of fused-ring (bicyclic) bond motifs is 1. The van der Waals surface area contributed by atoms with Crippen molar-refractivity contribution in [3.05, 3.63) is 0 Å². The van der Waals surface area contributed by atoms with E-state index in [1.165, 1.54) is 23.7 Å². The van der Waals surface area contributed by atoms with E-state index in [0.29, 0.717) is 10.1 Å². The minimum atomic E-state index is -1.41. The minimum Gasteiger partial charge on any atom is -0.0711 e. The summed E-state index contributed by atoms with van der Waals surface area (Å²) in [5.74, 6) is 9.56. The molecular weight excluding hydrogens is 497 g/mol. The van der Waals surface area contributed by atoms with Crippen molar-refractivity contribution in [3.8, 4) is 0 Å². The van der Waals surface area contributed by atoms with Gasteiger partial charge in [-0.1, -0.05) is 67.7 Å². The normalized spacial score (nSPS) is 58.2. The Balaban J connectivity index is 1.44. The van der Waals surface area contributed by atoms with Crippen LogP contribution in [0.1, 0.15) is 106 Å². The summed E-state index contributed by atoms with van der Waals surface area (Å²) in [6, 6.07) is 0. The second kappa shape index (κ2) is 6.35. The molecule has 0 radical (unpaired) electrons. The van der Waals surface area contributed by atoms with Crippen molar-refractivity contribution in [2.75, 3.05) is 0 Å². The van der Waals surface area contributed by atoms with E-state index < -0.39 is 29.4 Å². The van der Waals surface area contributed by atoms with E-state index in [1.54, 1.807) is 64.2 Å². The van der Waals surface area contributed by atoms with Gasteiger partial charge in [0, 0.05) is 29.4 Å². The van der Waals surface area contributed by atoms with Gasteiger partial charge in [0.1, 0.15) is 0 Å². The molecule has 8 bridgehead atoms. The summed E-state index contributed by atoms with van der Waals surface area (Å²) in [7, 11) is -5.56. The molecule has 8 aliphatic carbocycles. The molecule has 0 unspecified atom stereocenters. The van der Waals surface area contributed by atoms with Gasteiger partial charge in [-0.15, -0.1) is 0 Å². The SMILES string of the molecule is CC(C)(C)[Si](C)(C)[Si]12C3(C4CC5CC(C4)CC3C5)[Si]1([Si](C)(C)C(C)(C)C)C21C2CC3CC(C2)CC1C3. The molecule has 10 aliphatic rings. The molecule has 36 heavy (non-hydrogen) atoms. The van der Waals surface area contributed by atoms with Crippen LogP contribution in [-0.2, 0) is 0 Å². The highest BCUT2D eigenvalue weighted by molar-refractivity contribution is 8.11. The van der Waals surface area contributed by atoms with Gasteiger partial charge in [-0.3, -0.25) is 0 Å². The van der Waals surface area contributed by atoms with Crippen molar-refractivity contribution in [1.82, 2.24) is 0 Å². The van der Waals surface area contributed by atoms with Crippen LogP contribution in [0.5, 0.6) is 0 Å². The zero-order chi connectivity index (χ0) is 25.7. The highest BCUT2D eigenvalue weighted by Crippen LogP contribution is 3.12. The number of hydrogen-bond donors (Lipinski definition) is 0. The van der Waals surface area contributed by atoms with Crippen LogP contribution in [0.3, 0.4) is 0 Å². The first-order chi connectivity index (χ1) is 16.6. The van der Waals surface area contributed by atoms with Gasteiger partial charge in [0.2, 0.25) is 0 Å². The molecule has 2 aliphatic heterocycles. The second-order valence-corrected chi connectivity index (χ2v) is 55.9. The third-order valence-electron chi connectivity index (χ3n) is 17.4. The third-order valence-corrected chi connectivity index (χ3v) is 92.3. The summed E-state index contributed by atoms with van der Waals surface area (Å²) in [5, 5.41) is 1.21. The van der Waals surface area contributed by atoms with Gasteiger partial charge >= 0.3 is 0 Å². The molecule has 2 saturated heterocycles. The van der Waals surface area contributed by atoms with Gasteiger partial charge in [-0.25, -0.2) is 0 Å². The van der Waals surface area contributed by atoms with E-state index in [-0.39, 0.29) is 0 Å². The zero-order valence-corrected chi connectivity index (χ0v) is 29.7. The molecule has 0 nitrogen and oxygen atoms in total. The fraction of sp³-hybridized carbons (Fsp3) is 1.00. The summed E-state index contributed by atoms with van der Waals surface area (Å²) in [6.07, 6.45) is 17.0. The number of rotatable bonds is 2. The van der Waals surface area contributed by atoms with Crippen molar-refractivity contribution in [2.45, 2.75) is 151 Å². The first kappa shape index (κ1) is 24.6. The molecule has 0 atom stereocenters. The summed E-state index contributed by atoms with van der Waals surface area (Å²) in [5.41, 5.74) is 0. The maximum Gasteiger partial charge on any atom is 0.0485 e. The maximum absolute atomic E-state index is 3.09. The molecular formula is C32H58Si4. The lowest BCUT2D eigenvalue weighted by atomic mass is 9.54. The van der Waals surface area contributed by atoms with Crippen LogP contribution in [0.2, 0.25) is 45.6 Å². The average molecular weight is 555 g/mol. The Morgan fingerprint density at radius 1 is 0.444 bits per heavy atom. The van der Waals surface area contributed by atoms with E-state index in [0.717, 1.165) is 33.0 Å². The van der Waals surface area contributed by atoms with Gasteiger partial charge in [0.05, 0.1) is 0 Å². The van der Waals surface area contributed by atoms with Crippen LogP contribution >= 0.6 is 0 Å². The first-order valence-corrected chi connectivity index (χ1v) is 29.6. The lowest BCUT2D eigenvalue weighted by Crippen LogP contribution is -2.70. The molecule has 2 spiro atoms. The van der Waals surface area contributed by atoms with Crippen molar-refractivity contribution in [3.63, 3.8) is 0 Å². The van der Waals surface area contributed by atoms with E-state index in [4.69, 9.17) is 0 Å². The lowest BCUT2D eigenvalue weighted by Gasteiger charge is -2.72. The van der Waals surface area contributed by atoms with Crippen molar-refractivity contribution in [2.24, 2.45) is 47.3 Å². The van der Waals surface area contributed by atoms with Gasteiger partial charge in [-0.2, -0.15) is 0 Å². The Kier molecular flexibility index (Phi) is 4.35. The highest BCUT2D eigenvalue weighted by atomic mass is 29.9. The Hall–Kier alpha value is 0.868. The minimum absolute atomic E-state index is 0.607. The predicted octanol–water partition coefficient (Wildman–Crippen LogP) is 9.63. The molecule has 0 aromatic heterocycles. The van der Waals surface area contributed by atoms with Crippen LogP contribution in [0.4, 0.5) is 0 Å². The molecule has 2 heterocycles. The monoisotopic (exact) mass is 554 g/mol. The van der Waals surface area contributed by atoms with Crippen LogP contribution in [0, 0.1) is 47.3 Å².